The highest BCUT2D eigenvalue weighted by atomic mass is 35.5. The molecule has 1 heterocycles. The molecule has 0 radical (unpaired) electrons. The molecule has 2 aromatic carbocycles. The van der Waals surface area contributed by atoms with Crippen molar-refractivity contribution in [3.8, 4) is 0 Å². The molecule has 11 heteroatoms. The van der Waals surface area contributed by atoms with Crippen LogP contribution in [0.1, 0.15) is 60.9 Å². The number of carbonyl (C=O) groups is 1. The summed E-state index contributed by atoms with van der Waals surface area (Å²) in [5, 5.41) is 13.7. The number of rotatable bonds is 16. The van der Waals surface area contributed by atoms with Gasteiger partial charge in [0.05, 0.1) is 26.4 Å². The largest absolute Gasteiger partial charge is 0.377 e. The zero-order valence-electron chi connectivity index (χ0n) is 24.1. The summed E-state index contributed by atoms with van der Waals surface area (Å²) in [6, 6.07) is 17.2. The second kappa shape index (κ2) is 18.1. The molecular formula is C31H42ClN7O3. The van der Waals surface area contributed by atoms with Crippen LogP contribution >= 0.6 is 11.6 Å². The van der Waals surface area contributed by atoms with Crippen LogP contribution in [-0.2, 0) is 16.0 Å². The van der Waals surface area contributed by atoms with E-state index in [0.717, 1.165) is 18.4 Å². The van der Waals surface area contributed by atoms with E-state index in [-0.39, 0.29) is 5.91 Å². The third kappa shape index (κ3) is 11.8. The maximum Gasteiger partial charge on any atom is 0.251 e. The Morgan fingerprint density at radius 1 is 0.738 bits per heavy atom. The summed E-state index contributed by atoms with van der Waals surface area (Å²) in [4.78, 5) is 25.9. The van der Waals surface area contributed by atoms with Crippen LogP contribution in [0.15, 0.2) is 54.6 Å². The lowest BCUT2D eigenvalue weighted by molar-refractivity contribution is 0.0519. The molecular weight excluding hydrogens is 554 g/mol. The van der Waals surface area contributed by atoms with Gasteiger partial charge in [0, 0.05) is 36.3 Å². The third-order valence-corrected chi connectivity index (χ3v) is 7.16. The van der Waals surface area contributed by atoms with Crippen molar-refractivity contribution in [1.82, 2.24) is 20.3 Å². The first kappa shape index (κ1) is 31.5. The number of aromatic nitrogens is 3. The van der Waals surface area contributed by atoms with E-state index in [1.807, 2.05) is 42.5 Å². The molecule has 1 fully saturated rings. The number of benzene rings is 2. The van der Waals surface area contributed by atoms with Crippen LogP contribution in [0.2, 0.25) is 5.02 Å². The van der Waals surface area contributed by atoms with Gasteiger partial charge in [0.2, 0.25) is 17.8 Å². The number of hydrogen-bond donors (Lipinski definition) is 4. The minimum absolute atomic E-state index is 0.105. The lowest BCUT2D eigenvalue weighted by Gasteiger charge is -2.21. The van der Waals surface area contributed by atoms with Gasteiger partial charge in [0.1, 0.15) is 0 Å². The Kier molecular flexibility index (Phi) is 13.6. The lowest BCUT2D eigenvalue weighted by Crippen LogP contribution is -2.27. The summed E-state index contributed by atoms with van der Waals surface area (Å²) in [6.07, 6.45) is 8.58. The highest BCUT2D eigenvalue weighted by molar-refractivity contribution is 6.30. The number of carbonyl (C=O) groups excluding carboxylic acids is 1. The van der Waals surface area contributed by atoms with Crippen LogP contribution in [0, 0.1) is 0 Å². The van der Waals surface area contributed by atoms with Gasteiger partial charge in [-0.2, -0.15) is 15.0 Å². The Balaban J connectivity index is 1.18. The maximum absolute atomic E-state index is 12.0. The molecule has 0 saturated heterocycles. The van der Waals surface area contributed by atoms with Crippen LogP contribution in [0.5, 0.6) is 0 Å². The molecule has 226 valence electrons. The zero-order valence-corrected chi connectivity index (χ0v) is 24.9. The first-order chi connectivity index (χ1) is 20.7. The molecule has 1 aliphatic carbocycles. The van der Waals surface area contributed by atoms with E-state index in [1.54, 1.807) is 12.1 Å². The number of amides is 1. The molecule has 1 aliphatic rings. The van der Waals surface area contributed by atoms with E-state index >= 15 is 0 Å². The monoisotopic (exact) mass is 595 g/mol. The Morgan fingerprint density at radius 2 is 1.36 bits per heavy atom. The van der Waals surface area contributed by atoms with E-state index in [0.29, 0.717) is 80.5 Å². The molecule has 1 saturated carbocycles. The molecule has 4 N–H and O–H groups in total. The molecule has 10 nitrogen and oxygen atoms in total. The highest BCUT2D eigenvalue weighted by Gasteiger charge is 2.14. The molecule has 0 aliphatic heterocycles. The van der Waals surface area contributed by atoms with Gasteiger partial charge in [-0.15, -0.1) is 0 Å². The predicted molar refractivity (Wildman–Crippen MR) is 167 cm³/mol. The minimum atomic E-state index is -0.105. The number of nitrogens with one attached hydrogen (secondary N) is 4. The second-order valence-corrected chi connectivity index (χ2v) is 10.7. The van der Waals surface area contributed by atoms with Crippen LogP contribution in [0.4, 0.5) is 17.8 Å². The highest BCUT2D eigenvalue weighted by Crippen LogP contribution is 2.21. The molecule has 42 heavy (non-hydrogen) atoms. The van der Waals surface area contributed by atoms with Gasteiger partial charge in [0.25, 0.3) is 5.91 Å². The zero-order chi connectivity index (χ0) is 29.2. The second-order valence-electron chi connectivity index (χ2n) is 10.2. The lowest BCUT2D eigenvalue weighted by atomic mass is 9.97. The Labute approximate surface area is 253 Å². The fourth-order valence-electron chi connectivity index (χ4n) is 4.65. The van der Waals surface area contributed by atoms with Crippen molar-refractivity contribution in [1.29, 1.82) is 0 Å². The van der Waals surface area contributed by atoms with Crippen molar-refractivity contribution in [2.24, 2.45) is 0 Å². The Hall–Kier alpha value is -3.47. The summed E-state index contributed by atoms with van der Waals surface area (Å²) in [5.74, 6) is 1.46. The molecule has 1 amide bonds. The third-order valence-electron chi connectivity index (χ3n) is 6.91. The van der Waals surface area contributed by atoms with Crippen LogP contribution in [0.25, 0.3) is 0 Å². The summed E-state index contributed by atoms with van der Waals surface area (Å²) in [6.45, 7) is 3.35. The SMILES string of the molecule is O=C(NCCOCCOCCNc1nc(NCc2ccc(Cl)cc2)nc(NC2CCCCCCC2)n1)c1ccccc1. The summed E-state index contributed by atoms with van der Waals surface area (Å²) in [7, 11) is 0. The summed E-state index contributed by atoms with van der Waals surface area (Å²) < 4.78 is 11.2. The quantitative estimate of drug-likeness (QED) is 0.158. The smallest absolute Gasteiger partial charge is 0.251 e. The van der Waals surface area contributed by atoms with Crippen molar-refractivity contribution >= 4 is 35.4 Å². The number of halogens is 1. The maximum atomic E-state index is 12.0. The van der Waals surface area contributed by atoms with E-state index in [2.05, 4.69) is 36.2 Å². The first-order valence-electron chi connectivity index (χ1n) is 14.9. The van der Waals surface area contributed by atoms with Crippen molar-refractivity contribution in [2.75, 3.05) is 55.5 Å². The fraction of sp³-hybridized carbons (Fsp3) is 0.484. The predicted octanol–water partition coefficient (Wildman–Crippen LogP) is 5.54. The molecule has 1 aromatic heterocycles. The van der Waals surface area contributed by atoms with Gasteiger partial charge in [-0.1, -0.05) is 74.0 Å². The average Bonchev–Trinajstić information content (AvgIpc) is 2.99. The van der Waals surface area contributed by atoms with Crippen LogP contribution < -0.4 is 21.3 Å². The average molecular weight is 596 g/mol. The normalized spacial score (nSPS) is 14.0. The first-order valence-corrected chi connectivity index (χ1v) is 15.3. The molecule has 0 bridgehead atoms. The molecule has 4 rings (SSSR count). The molecule has 0 spiro atoms. The van der Waals surface area contributed by atoms with Gasteiger partial charge in [0.15, 0.2) is 0 Å². The minimum Gasteiger partial charge on any atom is -0.377 e. The van der Waals surface area contributed by atoms with Crippen molar-refractivity contribution in [3.63, 3.8) is 0 Å². The fourth-order valence-corrected chi connectivity index (χ4v) is 4.78. The topological polar surface area (TPSA) is 122 Å². The number of nitrogens with zero attached hydrogens (tertiary/aromatic N) is 3. The van der Waals surface area contributed by atoms with Crippen LogP contribution in [0.3, 0.4) is 0 Å². The Morgan fingerprint density at radius 3 is 2.07 bits per heavy atom. The number of ether oxygens (including phenoxy) is 2. The Bertz CT molecular complexity index is 1190. The van der Waals surface area contributed by atoms with E-state index in [1.165, 1.54) is 32.1 Å². The van der Waals surface area contributed by atoms with Gasteiger partial charge in [-0.25, -0.2) is 0 Å². The van der Waals surface area contributed by atoms with Gasteiger partial charge in [-0.3, -0.25) is 4.79 Å². The van der Waals surface area contributed by atoms with Gasteiger partial charge >= 0.3 is 0 Å². The van der Waals surface area contributed by atoms with Crippen LogP contribution in [-0.4, -0.2) is 66.4 Å². The van der Waals surface area contributed by atoms with Crippen molar-refractivity contribution in [2.45, 2.75) is 57.5 Å². The van der Waals surface area contributed by atoms with Gasteiger partial charge in [-0.05, 0) is 42.7 Å². The molecule has 0 atom stereocenters. The van der Waals surface area contributed by atoms with E-state index in [4.69, 9.17) is 21.1 Å². The standard InChI is InChI=1S/C31H42ClN7O3/c32-26-15-13-24(14-16-26)23-35-30-37-29(38-31(39-30)36-27-11-7-2-1-3-8-12-27)34-18-20-42-22-21-41-19-17-33-28(40)25-9-5-4-6-10-25/h4-6,9-10,13-16,27H,1-3,7-8,11-12,17-23H2,(H,33,40)(H3,34,35,36,37,38,39). The van der Waals surface area contributed by atoms with E-state index < -0.39 is 0 Å². The number of anilines is 3. The number of hydrogen-bond acceptors (Lipinski definition) is 9. The summed E-state index contributed by atoms with van der Waals surface area (Å²) >= 11 is 6.02. The van der Waals surface area contributed by atoms with E-state index in [9.17, 15) is 4.79 Å². The van der Waals surface area contributed by atoms with Crippen molar-refractivity contribution in [3.05, 3.63) is 70.7 Å². The summed E-state index contributed by atoms with van der Waals surface area (Å²) in [5.41, 5.74) is 1.72. The van der Waals surface area contributed by atoms with Crippen molar-refractivity contribution < 1.29 is 14.3 Å². The van der Waals surface area contributed by atoms with Gasteiger partial charge < -0.3 is 30.7 Å². The molecule has 0 unspecified atom stereocenters. The molecule has 3 aromatic rings.